The summed E-state index contributed by atoms with van der Waals surface area (Å²) in [4.78, 5) is 21.1. The summed E-state index contributed by atoms with van der Waals surface area (Å²) in [6, 6.07) is 13.7. The summed E-state index contributed by atoms with van der Waals surface area (Å²) in [5.41, 5.74) is 3.10. The van der Waals surface area contributed by atoms with Crippen LogP contribution in [0.3, 0.4) is 0 Å². The molecule has 6 nitrogen and oxygen atoms in total. The van der Waals surface area contributed by atoms with E-state index in [9.17, 15) is 4.79 Å². The third kappa shape index (κ3) is 3.49. The Bertz CT molecular complexity index is 892. The summed E-state index contributed by atoms with van der Waals surface area (Å²) in [6.07, 6.45) is 5.21. The van der Waals surface area contributed by atoms with Crippen LogP contribution in [0.2, 0.25) is 0 Å². The van der Waals surface area contributed by atoms with Crippen LogP contribution in [-0.2, 0) is 17.6 Å². The molecule has 1 unspecified atom stereocenters. The van der Waals surface area contributed by atoms with Gasteiger partial charge in [-0.2, -0.15) is 4.98 Å². The van der Waals surface area contributed by atoms with Crippen molar-refractivity contribution in [2.45, 2.75) is 31.6 Å². The molecule has 1 aliphatic carbocycles. The lowest BCUT2D eigenvalue weighted by Crippen LogP contribution is -2.32. The molecule has 0 saturated heterocycles. The molecule has 0 saturated carbocycles. The molecule has 3 aromatic rings. The molecule has 1 amide bonds. The van der Waals surface area contributed by atoms with Crippen molar-refractivity contribution >= 4 is 5.91 Å². The summed E-state index contributed by atoms with van der Waals surface area (Å²) >= 11 is 0. The lowest BCUT2D eigenvalue weighted by molar-refractivity contribution is -0.122. The normalized spacial score (nSPS) is 16.1. The van der Waals surface area contributed by atoms with E-state index < -0.39 is 0 Å². The molecule has 132 valence electrons. The van der Waals surface area contributed by atoms with Crippen LogP contribution < -0.4 is 5.32 Å². The van der Waals surface area contributed by atoms with E-state index in [0.717, 1.165) is 24.8 Å². The topological polar surface area (TPSA) is 80.9 Å². The molecule has 0 radical (unpaired) electrons. The highest BCUT2D eigenvalue weighted by atomic mass is 16.5. The minimum atomic E-state index is -0.0608. The van der Waals surface area contributed by atoms with E-state index in [-0.39, 0.29) is 11.8 Å². The van der Waals surface area contributed by atoms with E-state index in [1.807, 2.05) is 30.3 Å². The number of carbonyl (C=O) groups is 1. The van der Waals surface area contributed by atoms with Gasteiger partial charge in [-0.05, 0) is 42.5 Å². The van der Waals surface area contributed by atoms with Gasteiger partial charge in [0.05, 0.1) is 5.92 Å². The van der Waals surface area contributed by atoms with E-state index in [1.54, 1.807) is 6.20 Å². The lowest BCUT2D eigenvalue weighted by atomic mass is 9.82. The van der Waals surface area contributed by atoms with Gasteiger partial charge in [0.2, 0.25) is 5.91 Å². The van der Waals surface area contributed by atoms with Crippen LogP contribution in [0.5, 0.6) is 0 Å². The first kappa shape index (κ1) is 16.4. The first-order chi connectivity index (χ1) is 12.8. The predicted octanol–water partition coefficient (Wildman–Crippen LogP) is 2.91. The molecule has 26 heavy (non-hydrogen) atoms. The number of amides is 1. The number of nitrogens with one attached hydrogen (secondary N) is 1. The standard InChI is InChI=1S/C20H20N4O2/c25-19(16-9-5-7-14-6-1-2-8-15(14)16)22-13-11-18-23-20(26-24-18)17-10-3-4-12-21-17/h1-4,6,8,10,12,16H,5,7,9,11,13H2,(H,22,25). The molecule has 0 aliphatic heterocycles. The maximum atomic E-state index is 12.6. The van der Waals surface area contributed by atoms with Gasteiger partial charge in [0.15, 0.2) is 5.82 Å². The van der Waals surface area contributed by atoms with E-state index in [1.165, 1.54) is 5.56 Å². The van der Waals surface area contributed by atoms with Gasteiger partial charge in [-0.25, -0.2) is 0 Å². The van der Waals surface area contributed by atoms with Crippen molar-refractivity contribution in [1.29, 1.82) is 0 Å². The SMILES string of the molecule is O=C(NCCc1noc(-c2ccccn2)n1)C1CCCc2ccccc21. The summed E-state index contributed by atoms with van der Waals surface area (Å²) in [7, 11) is 0. The minimum absolute atomic E-state index is 0.0608. The summed E-state index contributed by atoms with van der Waals surface area (Å²) in [5, 5.41) is 6.98. The number of hydrogen-bond acceptors (Lipinski definition) is 5. The zero-order chi connectivity index (χ0) is 17.8. The number of carbonyl (C=O) groups excluding carboxylic acids is 1. The Labute approximate surface area is 151 Å². The predicted molar refractivity (Wildman–Crippen MR) is 96.4 cm³/mol. The molecule has 1 N–H and O–H groups in total. The highest BCUT2D eigenvalue weighted by Crippen LogP contribution is 2.31. The highest BCUT2D eigenvalue weighted by Gasteiger charge is 2.25. The molecule has 6 heteroatoms. The van der Waals surface area contributed by atoms with Crippen LogP contribution in [0.25, 0.3) is 11.6 Å². The van der Waals surface area contributed by atoms with Crippen LogP contribution in [0, 0.1) is 0 Å². The van der Waals surface area contributed by atoms with Gasteiger partial charge < -0.3 is 9.84 Å². The number of aryl methyl sites for hydroxylation is 1. The molecule has 1 aromatic carbocycles. The first-order valence-electron chi connectivity index (χ1n) is 8.91. The van der Waals surface area contributed by atoms with Crippen molar-refractivity contribution in [3.63, 3.8) is 0 Å². The molecule has 2 aromatic heterocycles. The molecule has 0 fully saturated rings. The van der Waals surface area contributed by atoms with Crippen LogP contribution in [0.1, 0.15) is 35.7 Å². The highest BCUT2D eigenvalue weighted by molar-refractivity contribution is 5.84. The monoisotopic (exact) mass is 348 g/mol. The van der Waals surface area contributed by atoms with E-state index in [0.29, 0.717) is 30.4 Å². The molecule has 0 spiro atoms. The number of pyridine rings is 1. The van der Waals surface area contributed by atoms with E-state index in [2.05, 4.69) is 32.6 Å². The molecule has 1 atom stereocenters. The number of benzene rings is 1. The van der Waals surface area contributed by atoms with Gasteiger partial charge in [0.25, 0.3) is 5.89 Å². The number of hydrogen-bond donors (Lipinski definition) is 1. The van der Waals surface area contributed by atoms with Gasteiger partial charge in [0, 0.05) is 19.2 Å². The number of nitrogens with zero attached hydrogens (tertiary/aromatic N) is 3. The second kappa shape index (κ2) is 7.47. The van der Waals surface area contributed by atoms with Gasteiger partial charge in [-0.15, -0.1) is 0 Å². The Morgan fingerprint density at radius 1 is 1.19 bits per heavy atom. The molecule has 2 heterocycles. The summed E-state index contributed by atoms with van der Waals surface area (Å²) < 4.78 is 5.23. The second-order valence-electron chi connectivity index (χ2n) is 6.42. The quantitative estimate of drug-likeness (QED) is 0.767. The minimum Gasteiger partial charge on any atom is -0.355 e. The van der Waals surface area contributed by atoms with E-state index >= 15 is 0 Å². The number of aromatic nitrogens is 3. The Hall–Kier alpha value is -3.02. The van der Waals surface area contributed by atoms with Crippen molar-refractivity contribution in [2.24, 2.45) is 0 Å². The smallest absolute Gasteiger partial charge is 0.276 e. The van der Waals surface area contributed by atoms with Gasteiger partial charge in [0.1, 0.15) is 5.69 Å². The first-order valence-corrected chi connectivity index (χ1v) is 8.91. The third-order valence-electron chi connectivity index (χ3n) is 4.69. The molecule has 0 bridgehead atoms. The molecular formula is C20H20N4O2. The van der Waals surface area contributed by atoms with Crippen molar-refractivity contribution < 1.29 is 9.32 Å². The second-order valence-corrected chi connectivity index (χ2v) is 6.42. The zero-order valence-corrected chi connectivity index (χ0v) is 14.4. The number of rotatable bonds is 5. The van der Waals surface area contributed by atoms with Crippen molar-refractivity contribution in [1.82, 2.24) is 20.4 Å². The Kier molecular flexibility index (Phi) is 4.73. The fourth-order valence-electron chi connectivity index (χ4n) is 3.40. The van der Waals surface area contributed by atoms with Crippen LogP contribution >= 0.6 is 0 Å². The van der Waals surface area contributed by atoms with Gasteiger partial charge in [-0.1, -0.05) is 35.5 Å². The number of fused-ring (bicyclic) bond motifs is 1. The third-order valence-corrected chi connectivity index (χ3v) is 4.69. The van der Waals surface area contributed by atoms with Gasteiger partial charge >= 0.3 is 0 Å². The van der Waals surface area contributed by atoms with Gasteiger partial charge in [-0.3, -0.25) is 9.78 Å². The maximum absolute atomic E-state index is 12.6. The van der Waals surface area contributed by atoms with Crippen LogP contribution in [0.4, 0.5) is 0 Å². The van der Waals surface area contributed by atoms with Crippen molar-refractivity contribution in [3.8, 4) is 11.6 Å². The summed E-state index contributed by atoms with van der Waals surface area (Å²) in [6.45, 7) is 0.485. The Morgan fingerprint density at radius 3 is 2.96 bits per heavy atom. The molecular weight excluding hydrogens is 328 g/mol. The van der Waals surface area contributed by atoms with Crippen LogP contribution in [0.15, 0.2) is 53.2 Å². The summed E-state index contributed by atoms with van der Waals surface area (Å²) in [5.74, 6) is 0.975. The fourth-order valence-corrected chi connectivity index (χ4v) is 3.40. The lowest BCUT2D eigenvalue weighted by Gasteiger charge is -2.24. The van der Waals surface area contributed by atoms with Crippen LogP contribution in [-0.4, -0.2) is 27.6 Å². The molecule has 1 aliphatic rings. The van der Waals surface area contributed by atoms with Crippen molar-refractivity contribution in [3.05, 3.63) is 65.6 Å². The Balaban J connectivity index is 1.34. The Morgan fingerprint density at radius 2 is 2.08 bits per heavy atom. The maximum Gasteiger partial charge on any atom is 0.276 e. The largest absolute Gasteiger partial charge is 0.355 e. The van der Waals surface area contributed by atoms with E-state index in [4.69, 9.17) is 4.52 Å². The average Bonchev–Trinajstić information content (AvgIpc) is 3.17. The fraction of sp³-hybridized carbons (Fsp3) is 0.300. The average molecular weight is 348 g/mol. The molecule has 4 rings (SSSR count). The zero-order valence-electron chi connectivity index (χ0n) is 14.4. The van der Waals surface area contributed by atoms with Crippen molar-refractivity contribution in [2.75, 3.05) is 6.54 Å².